The fourth-order valence-corrected chi connectivity index (χ4v) is 1.71. The number of para-hydroxylation sites is 1. The molecule has 62 valence electrons. The molecule has 0 saturated heterocycles. The van der Waals surface area contributed by atoms with Crippen LogP contribution in [0.2, 0.25) is 0 Å². The van der Waals surface area contributed by atoms with Crippen LogP contribution in [0.1, 0.15) is 31.2 Å². The molecule has 1 aromatic carbocycles. The lowest BCUT2D eigenvalue weighted by Gasteiger charge is -2.05. The second-order valence-corrected chi connectivity index (χ2v) is 3.23. The van der Waals surface area contributed by atoms with Crippen molar-refractivity contribution in [2.24, 2.45) is 4.99 Å². The van der Waals surface area contributed by atoms with E-state index in [2.05, 4.69) is 36.3 Å². The van der Waals surface area contributed by atoms with E-state index in [9.17, 15) is 0 Å². The van der Waals surface area contributed by atoms with Crippen LogP contribution in [0.3, 0.4) is 0 Å². The molecule has 1 aliphatic heterocycles. The lowest BCUT2D eigenvalue weighted by atomic mass is 9.97. The molecule has 1 aliphatic rings. The zero-order chi connectivity index (χ0) is 8.39. The Morgan fingerprint density at radius 3 is 3.00 bits per heavy atom. The Hall–Kier alpha value is -1.11. The zero-order valence-electron chi connectivity index (χ0n) is 7.33. The highest BCUT2D eigenvalue weighted by Crippen LogP contribution is 2.33. The number of hydrogen-bond acceptors (Lipinski definition) is 1. The highest BCUT2D eigenvalue weighted by Gasteiger charge is 2.16. The van der Waals surface area contributed by atoms with E-state index < -0.39 is 0 Å². The summed E-state index contributed by atoms with van der Waals surface area (Å²) in [5.74, 6) is 0.575. The molecule has 0 amide bonds. The summed E-state index contributed by atoms with van der Waals surface area (Å²) in [4.78, 5) is 4.37. The first-order chi connectivity index (χ1) is 5.92. The molecule has 12 heavy (non-hydrogen) atoms. The van der Waals surface area contributed by atoms with E-state index in [1.165, 1.54) is 18.4 Å². The predicted octanol–water partition coefficient (Wildman–Crippen LogP) is 3.29. The molecule has 0 saturated carbocycles. The third-order valence-electron chi connectivity index (χ3n) is 2.33. The van der Waals surface area contributed by atoms with Gasteiger partial charge in [0.25, 0.3) is 0 Å². The minimum absolute atomic E-state index is 0.575. The molecule has 0 fully saturated rings. The summed E-state index contributed by atoms with van der Waals surface area (Å²) in [5, 5.41) is 0. The lowest BCUT2D eigenvalue weighted by Crippen LogP contribution is -1.94. The monoisotopic (exact) mass is 159 g/mol. The summed E-state index contributed by atoms with van der Waals surface area (Å²) >= 11 is 0. The van der Waals surface area contributed by atoms with Crippen molar-refractivity contribution in [2.45, 2.75) is 25.7 Å². The van der Waals surface area contributed by atoms with Crippen LogP contribution in [0.25, 0.3) is 0 Å². The summed E-state index contributed by atoms with van der Waals surface area (Å²) in [6.45, 7) is 2.22. The van der Waals surface area contributed by atoms with Crippen LogP contribution in [0.5, 0.6) is 0 Å². The Kier molecular flexibility index (Phi) is 1.94. The predicted molar refractivity (Wildman–Crippen MR) is 52.2 cm³/mol. The Balaban J connectivity index is 2.30. The molecule has 1 atom stereocenters. The first-order valence-corrected chi connectivity index (χ1v) is 4.55. The molecule has 0 bridgehead atoms. The Morgan fingerprint density at radius 2 is 2.17 bits per heavy atom. The van der Waals surface area contributed by atoms with Crippen LogP contribution >= 0.6 is 0 Å². The Morgan fingerprint density at radius 1 is 1.33 bits per heavy atom. The van der Waals surface area contributed by atoms with Crippen molar-refractivity contribution >= 4 is 11.9 Å². The fourth-order valence-electron chi connectivity index (χ4n) is 1.71. The summed E-state index contributed by atoms with van der Waals surface area (Å²) < 4.78 is 0. The van der Waals surface area contributed by atoms with Crippen molar-refractivity contribution in [1.29, 1.82) is 0 Å². The van der Waals surface area contributed by atoms with Gasteiger partial charge in [-0.05, 0) is 18.1 Å². The van der Waals surface area contributed by atoms with E-state index in [4.69, 9.17) is 0 Å². The molecule has 1 aromatic rings. The van der Waals surface area contributed by atoms with Crippen LogP contribution in [-0.2, 0) is 0 Å². The molecule has 0 aliphatic carbocycles. The number of hydrogen-bond donors (Lipinski definition) is 0. The fraction of sp³-hybridized carbons (Fsp3) is 0.364. The van der Waals surface area contributed by atoms with E-state index in [1.807, 2.05) is 6.07 Å². The second-order valence-electron chi connectivity index (χ2n) is 3.23. The third-order valence-corrected chi connectivity index (χ3v) is 2.33. The average molecular weight is 159 g/mol. The number of benzene rings is 1. The van der Waals surface area contributed by atoms with Crippen LogP contribution < -0.4 is 0 Å². The smallest absolute Gasteiger partial charge is 0.0664 e. The van der Waals surface area contributed by atoms with Crippen molar-refractivity contribution in [2.75, 3.05) is 0 Å². The molecule has 1 heteroatoms. The topological polar surface area (TPSA) is 12.4 Å². The minimum atomic E-state index is 0.575. The number of aliphatic imine (C=N–C) groups is 1. The molecule has 0 N–H and O–H groups in total. The highest BCUT2D eigenvalue weighted by atomic mass is 14.8. The van der Waals surface area contributed by atoms with Gasteiger partial charge < -0.3 is 0 Å². The van der Waals surface area contributed by atoms with Gasteiger partial charge in [0.05, 0.1) is 5.69 Å². The van der Waals surface area contributed by atoms with Gasteiger partial charge in [0.2, 0.25) is 0 Å². The maximum absolute atomic E-state index is 4.37. The van der Waals surface area contributed by atoms with Crippen molar-refractivity contribution in [1.82, 2.24) is 0 Å². The van der Waals surface area contributed by atoms with Gasteiger partial charge in [-0.3, -0.25) is 4.99 Å². The number of fused-ring (bicyclic) bond motifs is 1. The molecular formula is C11H13N. The maximum atomic E-state index is 4.37. The molecular weight excluding hydrogens is 146 g/mol. The second kappa shape index (κ2) is 3.10. The normalized spacial score (nSPS) is 19.6. The van der Waals surface area contributed by atoms with Gasteiger partial charge in [0.15, 0.2) is 0 Å². The summed E-state index contributed by atoms with van der Waals surface area (Å²) in [7, 11) is 0. The van der Waals surface area contributed by atoms with Gasteiger partial charge in [0, 0.05) is 12.1 Å². The first-order valence-electron chi connectivity index (χ1n) is 4.55. The zero-order valence-corrected chi connectivity index (χ0v) is 7.33. The molecule has 0 aromatic heterocycles. The van der Waals surface area contributed by atoms with Crippen molar-refractivity contribution in [3.63, 3.8) is 0 Å². The Bertz CT molecular complexity index is 302. The highest BCUT2D eigenvalue weighted by molar-refractivity contribution is 5.80. The van der Waals surface area contributed by atoms with E-state index >= 15 is 0 Å². The molecule has 1 unspecified atom stereocenters. The van der Waals surface area contributed by atoms with Gasteiger partial charge >= 0.3 is 0 Å². The van der Waals surface area contributed by atoms with E-state index in [0.717, 1.165) is 5.69 Å². The molecule has 0 spiro atoms. The third kappa shape index (κ3) is 1.15. The molecule has 0 radical (unpaired) electrons. The number of rotatable bonds is 2. The average Bonchev–Trinajstić information content (AvgIpc) is 2.50. The van der Waals surface area contributed by atoms with Gasteiger partial charge in [-0.25, -0.2) is 0 Å². The summed E-state index contributed by atoms with van der Waals surface area (Å²) in [6.07, 6.45) is 4.53. The van der Waals surface area contributed by atoms with E-state index in [1.54, 1.807) is 0 Å². The van der Waals surface area contributed by atoms with Gasteiger partial charge in [-0.1, -0.05) is 31.5 Å². The van der Waals surface area contributed by atoms with Crippen LogP contribution in [-0.4, -0.2) is 6.21 Å². The van der Waals surface area contributed by atoms with Gasteiger partial charge in [-0.2, -0.15) is 0 Å². The van der Waals surface area contributed by atoms with Crippen molar-refractivity contribution in [3.05, 3.63) is 29.8 Å². The first kappa shape index (κ1) is 7.53. The Labute approximate surface area is 73.1 Å². The van der Waals surface area contributed by atoms with Crippen molar-refractivity contribution in [3.8, 4) is 0 Å². The largest absolute Gasteiger partial charge is 0.260 e. The van der Waals surface area contributed by atoms with Gasteiger partial charge in [0.1, 0.15) is 0 Å². The quantitative estimate of drug-likeness (QED) is 0.628. The lowest BCUT2D eigenvalue weighted by molar-refractivity contribution is 0.764. The SMILES string of the molecule is CCCC1C=Nc2ccccc21. The molecule has 1 nitrogen and oxygen atoms in total. The van der Waals surface area contributed by atoms with Crippen LogP contribution in [0.15, 0.2) is 29.3 Å². The standard InChI is InChI=1S/C11H13N/c1-2-5-9-8-12-11-7-4-3-6-10(9)11/h3-4,6-9H,2,5H2,1H3. The van der Waals surface area contributed by atoms with Crippen molar-refractivity contribution < 1.29 is 0 Å². The maximum Gasteiger partial charge on any atom is 0.0664 e. The minimum Gasteiger partial charge on any atom is -0.260 e. The molecule has 1 heterocycles. The van der Waals surface area contributed by atoms with Crippen LogP contribution in [0, 0.1) is 0 Å². The van der Waals surface area contributed by atoms with Crippen LogP contribution in [0.4, 0.5) is 5.69 Å². The molecule has 2 rings (SSSR count). The van der Waals surface area contributed by atoms with E-state index in [0.29, 0.717) is 5.92 Å². The van der Waals surface area contributed by atoms with E-state index in [-0.39, 0.29) is 0 Å². The summed E-state index contributed by atoms with van der Waals surface area (Å²) in [6, 6.07) is 8.41. The number of nitrogens with zero attached hydrogens (tertiary/aromatic N) is 1. The summed E-state index contributed by atoms with van der Waals surface area (Å²) in [5.41, 5.74) is 2.57. The van der Waals surface area contributed by atoms with Gasteiger partial charge in [-0.15, -0.1) is 0 Å².